The van der Waals surface area contributed by atoms with Crippen molar-refractivity contribution in [2.75, 3.05) is 0 Å². The van der Waals surface area contributed by atoms with Crippen LogP contribution in [0.2, 0.25) is 5.02 Å². The molecule has 18 heavy (non-hydrogen) atoms. The van der Waals surface area contributed by atoms with Crippen LogP contribution in [0.5, 0.6) is 0 Å². The van der Waals surface area contributed by atoms with Crippen molar-refractivity contribution in [1.29, 1.82) is 0 Å². The molecule has 0 atom stereocenters. The zero-order valence-corrected chi connectivity index (χ0v) is 10.1. The Balaban J connectivity index is 2.03. The van der Waals surface area contributed by atoms with Crippen molar-refractivity contribution in [2.24, 2.45) is 0 Å². The molecule has 0 aliphatic heterocycles. The lowest BCUT2D eigenvalue weighted by atomic mass is 10.1. The fourth-order valence-electron chi connectivity index (χ4n) is 1.61. The van der Waals surface area contributed by atoms with Crippen LogP contribution in [0.4, 0.5) is 0 Å². The fourth-order valence-corrected chi connectivity index (χ4v) is 1.84. The van der Waals surface area contributed by atoms with Crippen molar-refractivity contribution in [1.82, 2.24) is 25.3 Å². The third-order valence-electron chi connectivity index (χ3n) is 2.47. The van der Waals surface area contributed by atoms with Crippen LogP contribution in [0.1, 0.15) is 5.56 Å². The predicted molar refractivity (Wildman–Crippen MR) is 64.9 cm³/mol. The minimum atomic E-state index is 0.372. The van der Waals surface area contributed by atoms with Gasteiger partial charge in [0.15, 0.2) is 5.82 Å². The first-order valence-electron chi connectivity index (χ1n) is 5.20. The van der Waals surface area contributed by atoms with Gasteiger partial charge in [0.2, 0.25) is 5.82 Å². The van der Waals surface area contributed by atoms with Crippen LogP contribution >= 0.6 is 11.6 Å². The zero-order valence-electron chi connectivity index (χ0n) is 9.38. The first kappa shape index (κ1) is 10.9. The smallest absolute Gasteiger partial charge is 0.258 e. The quantitative estimate of drug-likeness (QED) is 0.766. The Kier molecular flexibility index (Phi) is 2.56. The molecule has 1 aromatic carbocycles. The number of hydrogen-bond donors (Lipinski definition) is 1. The summed E-state index contributed by atoms with van der Waals surface area (Å²) >= 11 is 5.90. The zero-order chi connectivity index (χ0) is 12.5. The highest BCUT2D eigenvalue weighted by molar-refractivity contribution is 6.30. The Labute approximate surface area is 107 Å². The molecule has 0 radical (unpaired) electrons. The minimum Gasteiger partial charge on any atom is -0.333 e. The van der Waals surface area contributed by atoms with E-state index in [4.69, 9.17) is 16.1 Å². The van der Waals surface area contributed by atoms with Crippen LogP contribution in [0.15, 0.2) is 29.0 Å². The fraction of sp³-hybridized carbons (Fsp3) is 0.0909. The number of H-pyrrole nitrogens is 1. The van der Waals surface area contributed by atoms with E-state index in [1.54, 1.807) is 6.07 Å². The lowest BCUT2D eigenvalue weighted by Crippen LogP contribution is -1.85. The van der Waals surface area contributed by atoms with Crippen molar-refractivity contribution in [3.05, 3.63) is 35.1 Å². The molecule has 0 spiro atoms. The summed E-state index contributed by atoms with van der Waals surface area (Å²) in [5.74, 6) is 1.27. The van der Waals surface area contributed by atoms with Gasteiger partial charge >= 0.3 is 0 Å². The molecule has 0 unspecified atom stereocenters. The normalized spacial score (nSPS) is 10.8. The molecule has 0 saturated carbocycles. The molecule has 0 bridgehead atoms. The summed E-state index contributed by atoms with van der Waals surface area (Å²) < 4.78 is 5.20. The molecule has 3 aromatic rings. The van der Waals surface area contributed by atoms with Gasteiger partial charge in [0.25, 0.3) is 5.89 Å². The third-order valence-corrected chi connectivity index (χ3v) is 2.71. The van der Waals surface area contributed by atoms with Gasteiger partial charge in [-0.25, -0.2) is 4.98 Å². The first-order valence-corrected chi connectivity index (χ1v) is 5.58. The third kappa shape index (κ3) is 1.86. The number of aryl methyl sites for hydroxylation is 1. The topological polar surface area (TPSA) is 80.5 Å². The SMILES string of the molecule is Cc1cc(Cl)ccc1-c1nc(-c2ncn[nH]2)no1. The number of halogens is 1. The minimum absolute atomic E-state index is 0.372. The Bertz CT molecular complexity index is 677. The van der Waals surface area contributed by atoms with Gasteiger partial charge in [-0.15, -0.1) is 0 Å². The summed E-state index contributed by atoms with van der Waals surface area (Å²) in [6.45, 7) is 1.93. The Hall–Kier alpha value is -2.21. The van der Waals surface area contributed by atoms with Gasteiger partial charge in [0.05, 0.1) is 0 Å². The highest BCUT2D eigenvalue weighted by Crippen LogP contribution is 2.25. The molecule has 0 aliphatic carbocycles. The first-order chi connectivity index (χ1) is 8.74. The van der Waals surface area contributed by atoms with Crippen molar-refractivity contribution >= 4 is 11.6 Å². The second kappa shape index (κ2) is 4.23. The number of aromatic amines is 1. The van der Waals surface area contributed by atoms with E-state index in [0.717, 1.165) is 11.1 Å². The summed E-state index contributed by atoms with van der Waals surface area (Å²) in [5.41, 5.74) is 1.81. The lowest BCUT2D eigenvalue weighted by molar-refractivity contribution is 0.431. The van der Waals surface area contributed by atoms with E-state index in [0.29, 0.717) is 22.6 Å². The summed E-state index contributed by atoms with van der Waals surface area (Å²) in [5, 5.41) is 10.9. The van der Waals surface area contributed by atoms with Gasteiger partial charge in [0.1, 0.15) is 6.33 Å². The number of nitrogens with zero attached hydrogens (tertiary/aromatic N) is 4. The van der Waals surface area contributed by atoms with Crippen molar-refractivity contribution in [3.8, 4) is 23.1 Å². The monoisotopic (exact) mass is 261 g/mol. The maximum Gasteiger partial charge on any atom is 0.258 e. The van der Waals surface area contributed by atoms with Crippen LogP contribution in [0.25, 0.3) is 23.1 Å². The summed E-state index contributed by atoms with van der Waals surface area (Å²) in [7, 11) is 0. The molecule has 0 saturated heterocycles. The number of aromatic nitrogens is 5. The number of nitrogens with one attached hydrogen (secondary N) is 1. The Morgan fingerprint density at radius 2 is 2.22 bits per heavy atom. The van der Waals surface area contributed by atoms with E-state index in [2.05, 4.69) is 25.3 Å². The highest BCUT2D eigenvalue weighted by Gasteiger charge is 2.14. The van der Waals surface area contributed by atoms with Crippen LogP contribution < -0.4 is 0 Å². The average molecular weight is 262 g/mol. The number of hydrogen-bond acceptors (Lipinski definition) is 5. The summed E-state index contributed by atoms with van der Waals surface area (Å²) in [6, 6.07) is 5.47. The molecule has 90 valence electrons. The molecule has 3 rings (SSSR count). The second-order valence-electron chi connectivity index (χ2n) is 3.72. The standard InChI is InChI=1S/C11H8ClN5O/c1-6-4-7(12)2-3-8(6)11-15-10(17-18-11)9-13-5-14-16-9/h2-5H,1H3,(H,13,14,16). The van der Waals surface area contributed by atoms with Gasteiger partial charge in [-0.3, -0.25) is 5.10 Å². The lowest BCUT2D eigenvalue weighted by Gasteiger charge is -1.99. The second-order valence-corrected chi connectivity index (χ2v) is 4.15. The van der Waals surface area contributed by atoms with E-state index in [1.807, 2.05) is 19.1 Å². The Morgan fingerprint density at radius 3 is 2.94 bits per heavy atom. The summed E-state index contributed by atoms with van der Waals surface area (Å²) in [4.78, 5) is 8.22. The summed E-state index contributed by atoms with van der Waals surface area (Å²) in [6.07, 6.45) is 1.39. The molecule has 6 nitrogen and oxygen atoms in total. The van der Waals surface area contributed by atoms with E-state index >= 15 is 0 Å². The molecular formula is C11H8ClN5O. The molecule has 0 amide bonds. The van der Waals surface area contributed by atoms with Crippen LogP contribution in [-0.2, 0) is 0 Å². The van der Waals surface area contributed by atoms with Gasteiger partial charge in [-0.05, 0) is 30.7 Å². The van der Waals surface area contributed by atoms with E-state index in [1.165, 1.54) is 6.33 Å². The largest absolute Gasteiger partial charge is 0.333 e. The molecule has 0 fully saturated rings. The van der Waals surface area contributed by atoms with Crippen LogP contribution in [0, 0.1) is 6.92 Å². The molecule has 7 heteroatoms. The van der Waals surface area contributed by atoms with E-state index < -0.39 is 0 Å². The molecule has 1 N–H and O–H groups in total. The van der Waals surface area contributed by atoms with Gasteiger partial charge in [-0.2, -0.15) is 10.1 Å². The maximum atomic E-state index is 5.90. The predicted octanol–water partition coefficient (Wildman–Crippen LogP) is 2.48. The number of benzene rings is 1. The van der Waals surface area contributed by atoms with E-state index in [-0.39, 0.29) is 0 Å². The van der Waals surface area contributed by atoms with Crippen molar-refractivity contribution in [3.63, 3.8) is 0 Å². The van der Waals surface area contributed by atoms with Crippen molar-refractivity contribution < 1.29 is 4.52 Å². The van der Waals surface area contributed by atoms with Crippen LogP contribution in [-0.4, -0.2) is 25.3 Å². The number of rotatable bonds is 2. The van der Waals surface area contributed by atoms with Gasteiger partial charge < -0.3 is 4.52 Å². The van der Waals surface area contributed by atoms with Gasteiger partial charge in [0, 0.05) is 10.6 Å². The molecule has 2 aromatic heterocycles. The molecular weight excluding hydrogens is 254 g/mol. The maximum absolute atomic E-state index is 5.90. The molecule has 0 aliphatic rings. The average Bonchev–Trinajstić information content (AvgIpc) is 2.99. The molecule has 2 heterocycles. The highest BCUT2D eigenvalue weighted by atomic mass is 35.5. The Morgan fingerprint density at radius 1 is 1.33 bits per heavy atom. The van der Waals surface area contributed by atoms with Crippen molar-refractivity contribution in [2.45, 2.75) is 6.92 Å². The van der Waals surface area contributed by atoms with Crippen LogP contribution in [0.3, 0.4) is 0 Å². The van der Waals surface area contributed by atoms with E-state index in [9.17, 15) is 0 Å². The van der Waals surface area contributed by atoms with Gasteiger partial charge in [-0.1, -0.05) is 16.8 Å².